The van der Waals surface area contributed by atoms with Gasteiger partial charge in [-0.15, -0.1) is 0 Å². The topological polar surface area (TPSA) is 65.4 Å². The largest absolute Gasteiger partial charge is 0.444 e. The van der Waals surface area contributed by atoms with Gasteiger partial charge in [0.05, 0.1) is 17.7 Å². The Bertz CT molecular complexity index is 426. The molecule has 6 nitrogen and oxygen atoms in total. The van der Waals surface area contributed by atoms with Crippen molar-refractivity contribution in [3.63, 3.8) is 0 Å². The van der Waals surface area contributed by atoms with Gasteiger partial charge in [0.1, 0.15) is 11.3 Å². The van der Waals surface area contributed by atoms with E-state index in [9.17, 15) is 4.79 Å². The number of aryl methyl sites for hydroxylation is 1. The highest BCUT2D eigenvalue weighted by Crippen LogP contribution is 2.14. The number of amides is 1. The number of nitrogens with one attached hydrogen (secondary N) is 1. The van der Waals surface area contributed by atoms with Crippen molar-refractivity contribution in [1.82, 2.24) is 15.1 Å². The Morgan fingerprint density at radius 2 is 2.21 bits per heavy atom. The van der Waals surface area contributed by atoms with Crippen molar-refractivity contribution in [2.75, 3.05) is 13.2 Å². The molecule has 0 atom stereocenters. The molecule has 0 radical (unpaired) electrons. The molecule has 7 heteroatoms. The van der Waals surface area contributed by atoms with Crippen LogP contribution in [-0.4, -0.2) is 34.6 Å². The Morgan fingerprint density at radius 1 is 1.53 bits per heavy atom. The SMILES string of the molecule is Cn1cc(Br)c(COCCNC(=O)OC(C)(C)C)n1. The predicted octanol–water partition coefficient (Wildman–Crippen LogP) is 2.22. The molecule has 108 valence electrons. The van der Waals surface area contributed by atoms with Crippen LogP contribution in [0.15, 0.2) is 10.7 Å². The molecule has 0 fully saturated rings. The summed E-state index contributed by atoms with van der Waals surface area (Å²) in [7, 11) is 1.85. The van der Waals surface area contributed by atoms with Crippen LogP contribution in [0.25, 0.3) is 0 Å². The van der Waals surface area contributed by atoms with Crippen LogP contribution in [0.4, 0.5) is 4.79 Å². The number of hydrogen-bond donors (Lipinski definition) is 1. The zero-order valence-corrected chi connectivity index (χ0v) is 13.3. The third kappa shape index (κ3) is 6.58. The lowest BCUT2D eigenvalue weighted by Crippen LogP contribution is -2.34. The quantitative estimate of drug-likeness (QED) is 0.839. The van der Waals surface area contributed by atoms with Gasteiger partial charge in [-0.25, -0.2) is 4.79 Å². The van der Waals surface area contributed by atoms with Crippen molar-refractivity contribution >= 4 is 22.0 Å². The van der Waals surface area contributed by atoms with Crippen LogP contribution in [-0.2, 0) is 23.1 Å². The molecule has 1 aromatic heterocycles. The molecule has 0 aliphatic carbocycles. The zero-order chi connectivity index (χ0) is 14.5. The summed E-state index contributed by atoms with van der Waals surface area (Å²) in [5.74, 6) is 0. The molecule has 0 aromatic carbocycles. The van der Waals surface area contributed by atoms with Crippen molar-refractivity contribution in [2.45, 2.75) is 33.0 Å². The van der Waals surface area contributed by atoms with E-state index < -0.39 is 11.7 Å². The van der Waals surface area contributed by atoms with Crippen LogP contribution in [0, 0.1) is 0 Å². The first-order chi connectivity index (χ1) is 8.78. The summed E-state index contributed by atoms with van der Waals surface area (Å²) in [5.41, 5.74) is 0.351. The summed E-state index contributed by atoms with van der Waals surface area (Å²) in [6.45, 7) is 6.67. The molecule has 0 aliphatic heterocycles. The van der Waals surface area contributed by atoms with Crippen LogP contribution in [0.3, 0.4) is 0 Å². The first-order valence-electron chi connectivity index (χ1n) is 6.00. The van der Waals surface area contributed by atoms with Crippen LogP contribution in [0.5, 0.6) is 0 Å². The second kappa shape index (κ2) is 6.91. The molecule has 1 N–H and O–H groups in total. The molecule has 0 spiro atoms. The maximum Gasteiger partial charge on any atom is 0.407 e. The van der Waals surface area contributed by atoms with Crippen molar-refractivity contribution in [2.24, 2.45) is 7.05 Å². The molecular formula is C12H20BrN3O3. The van der Waals surface area contributed by atoms with Crippen molar-refractivity contribution < 1.29 is 14.3 Å². The highest BCUT2D eigenvalue weighted by atomic mass is 79.9. The first-order valence-corrected chi connectivity index (χ1v) is 6.80. The van der Waals surface area contributed by atoms with Gasteiger partial charge < -0.3 is 14.8 Å². The Morgan fingerprint density at radius 3 is 2.74 bits per heavy atom. The summed E-state index contributed by atoms with van der Waals surface area (Å²) in [6.07, 6.45) is 1.42. The van der Waals surface area contributed by atoms with Crippen LogP contribution >= 0.6 is 15.9 Å². The van der Waals surface area contributed by atoms with Gasteiger partial charge in [-0.05, 0) is 36.7 Å². The number of alkyl carbamates (subject to hydrolysis) is 1. The maximum atomic E-state index is 11.3. The van der Waals surface area contributed by atoms with Crippen molar-refractivity contribution in [3.8, 4) is 0 Å². The first kappa shape index (κ1) is 16.0. The Balaban J connectivity index is 2.15. The number of hydrogen-bond acceptors (Lipinski definition) is 4. The molecule has 1 amide bonds. The van der Waals surface area contributed by atoms with E-state index in [0.717, 1.165) is 10.2 Å². The summed E-state index contributed by atoms with van der Waals surface area (Å²) in [5, 5.41) is 6.85. The molecule has 1 rings (SSSR count). The van der Waals surface area contributed by atoms with Crippen LogP contribution in [0.2, 0.25) is 0 Å². The number of carbonyl (C=O) groups excluding carboxylic acids is 1. The minimum absolute atomic E-state index is 0.400. The molecule has 1 aromatic rings. The van der Waals surface area contributed by atoms with E-state index >= 15 is 0 Å². The van der Waals surface area contributed by atoms with E-state index in [1.54, 1.807) is 4.68 Å². The van der Waals surface area contributed by atoms with Gasteiger partial charge in [0.25, 0.3) is 0 Å². The molecule has 0 saturated carbocycles. The van der Waals surface area contributed by atoms with E-state index in [4.69, 9.17) is 9.47 Å². The minimum atomic E-state index is -0.482. The number of rotatable bonds is 5. The fourth-order valence-corrected chi connectivity index (χ4v) is 1.80. The zero-order valence-electron chi connectivity index (χ0n) is 11.7. The number of ether oxygens (including phenoxy) is 2. The monoisotopic (exact) mass is 333 g/mol. The highest BCUT2D eigenvalue weighted by molar-refractivity contribution is 9.10. The molecular weight excluding hydrogens is 314 g/mol. The number of halogens is 1. The van der Waals surface area contributed by atoms with E-state index in [0.29, 0.717) is 19.8 Å². The Hall–Kier alpha value is -1.08. The van der Waals surface area contributed by atoms with Crippen LogP contribution < -0.4 is 5.32 Å². The second-order valence-electron chi connectivity index (χ2n) is 5.08. The lowest BCUT2D eigenvalue weighted by molar-refractivity contribution is 0.0492. The summed E-state index contributed by atoms with van der Waals surface area (Å²) < 4.78 is 13.1. The van der Waals surface area contributed by atoms with Gasteiger partial charge in [0, 0.05) is 19.8 Å². The lowest BCUT2D eigenvalue weighted by Gasteiger charge is -2.19. The number of nitrogens with zero attached hydrogens (tertiary/aromatic N) is 2. The van der Waals surface area contributed by atoms with E-state index in [2.05, 4.69) is 26.3 Å². The normalized spacial score (nSPS) is 11.4. The van der Waals surface area contributed by atoms with Crippen LogP contribution in [0.1, 0.15) is 26.5 Å². The predicted molar refractivity (Wildman–Crippen MR) is 74.8 cm³/mol. The molecule has 19 heavy (non-hydrogen) atoms. The van der Waals surface area contributed by atoms with Gasteiger partial charge in [-0.3, -0.25) is 4.68 Å². The second-order valence-corrected chi connectivity index (χ2v) is 5.93. The maximum absolute atomic E-state index is 11.3. The van der Waals surface area contributed by atoms with Gasteiger partial charge in [0.2, 0.25) is 0 Å². The van der Waals surface area contributed by atoms with Gasteiger partial charge in [0.15, 0.2) is 0 Å². The standard InChI is InChI=1S/C12H20BrN3O3/c1-12(2,3)19-11(17)14-5-6-18-8-10-9(13)7-16(4)15-10/h7H,5-6,8H2,1-4H3,(H,14,17). The molecule has 0 unspecified atom stereocenters. The van der Waals surface area contributed by atoms with E-state index in [1.807, 2.05) is 34.0 Å². The smallest absolute Gasteiger partial charge is 0.407 e. The third-order valence-corrected chi connectivity index (χ3v) is 2.67. The minimum Gasteiger partial charge on any atom is -0.444 e. The number of aromatic nitrogens is 2. The fourth-order valence-electron chi connectivity index (χ4n) is 1.31. The van der Waals surface area contributed by atoms with Gasteiger partial charge in [-0.1, -0.05) is 0 Å². The van der Waals surface area contributed by atoms with Gasteiger partial charge >= 0.3 is 6.09 Å². The summed E-state index contributed by atoms with van der Waals surface area (Å²) >= 11 is 3.39. The van der Waals surface area contributed by atoms with Crippen molar-refractivity contribution in [1.29, 1.82) is 0 Å². The third-order valence-electron chi connectivity index (χ3n) is 2.01. The molecule has 0 saturated heterocycles. The molecule has 0 aliphatic rings. The highest BCUT2D eigenvalue weighted by Gasteiger charge is 2.15. The summed E-state index contributed by atoms with van der Waals surface area (Å²) in [6, 6.07) is 0. The average Bonchev–Trinajstić information content (AvgIpc) is 2.54. The van der Waals surface area contributed by atoms with E-state index in [1.165, 1.54) is 0 Å². The average molecular weight is 334 g/mol. The molecule has 1 heterocycles. The Labute approximate surface area is 121 Å². The van der Waals surface area contributed by atoms with E-state index in [-0.39, 0.29) is 0 Å². The lowest BCUT2D eigenvalue weighted by atomic mass is 10.2. The van der Waals surface area contributed by atoms with Crippen molar-refractivity contribution in [3.05, 3.63) is 16.4 Å². The fraction of sp³-hybridized carbons (Fsp3) is 0.667. The van der Waals surface area contributed by atoms with Gasteiger partial charge in [-0.2, -0.15) is 5.10 Å². The molecule has 0 bridgehead atoms. The summed E-state index contributed by atoms with van der Waals surface area (Å²) in [4.78, 5) is 11.3. The Kier molecular flexibility index (Phi) is 5.81. The number of carbonyl (C=O) groups is 1.